The Morgan fingerprint density at radius 3 is 2.50 bits per heavy atom. The van der Waals surface area contributed by atoms with Gasteiger partial charge in [0.05, 0.1) is 0 Å². The van der Waals surface area contributed by atoms with Crippen molar-refractivity contribution in [3.63, 3.8) is 0 Å². The van der Waals surface area contributed by atoms with Gasteiger partial charge in [-0.05, 0) is 0 Å². The van der Waals surface area contributed by atoms with Crippen molar-refractivity contribution < 1.29 is 0 Å². The fourth-order valence-electron chi connectivity index (χ4n) is 1.07. The molecule has 0 spiro atoms. The number of benzene rings is 1. The molecule has 0 nitrogen and oxygen atoms in total. The van der Waals surface area contributed by atoms with Crippen LogP contribution in [0.3, 0.4) is 0 Å². The van der Waals surface area contributed by atoms with Crippen LogP contribution in [0.15, 0.2) is 18.2 Å². The summed E-state index contributed by atoms with van der Waals surface area (Å²) in [6, 6.07) is 6.66. The van der Waals surface area contributed by atoms with E-state index in [0.29, 0.717) is 0 Å². The molecular weight excluding hydrogens is 183 g/mol. The predicted octanol–water partition coefficient (Wildman–Crippen LogP) is 1.44. The van der Waals surface area contributed by atoms with Crippen molar-refractivity contribution >= 4 is 16.9 Å². The predicted molar refractivity (Wildman–Crippen MR) is 48.2 cm³/mol. The van der Waals surface area contributed by atoms with Crippen molar-refractivity contribution in [2.75, 3.05) is 0 Å². The molecule has 0 bridgehead atoms. The molecule has 0 saturated heterocycles. The number of aryl methyl sites for hydroxylation is 2. The summed E-state index contributed by atoms with van der Waals surface area (Å²) in [5.74, 6) is 0. The Balaban J connectivity index is 3.07. The summed E-state index contributed by atoms with van der Waals surface area (Å²) in [6.45, 7) is 4.32. The van der Waals surface area contributed by atoms with Gasteiger partial charge >= 0.3 is 70.8 Å². The first kappa shape index (κ1) is 7.88. The number of hydrogen-bond acceptors (Lipinski definition) is 0. The number of hydrogen-bond donors (Lipinski definition) is 0. The van der Waals surface area contributed by atoms with Crippen LogP contribution in [0.4, 0.5) is 0 Å². The molecular formula is C9H13As. The molecule has 0 saturated carbocycles. The van der Waals surface area contributed by atoms with E-state index >= 15 is 0 Å². The Hall–Kier alpha value is -0.222. The molecule has 1 rings (SSSR count). The van der Waals surface area contributed by atoms with Crippen molar-refractivity contribution in [1.82, 2.24) is 0 Å². The van der Waals surface area contributed by atoms with Gasteiger partial charge in [0, 0.05) is 0 Å². The standard InChI is InChI=1S/C9H13As/c1-7-3-4-9(6-10)8(2)5-7/h3-5H,6,10H2,1-2H3. The third-order valence-electron chi connectivity index (χ3n) is 1.72. The Morgan fingerprint density at radius 2 is 2.00 bits per heavy atom. The van der Waals surface area contributed by atoms with Crippen molar-refractivity contribution in [3.05, 3.63) is 34.9 Å². The van der Waals surface area contributed by atoms with Gasteiger partial charge in [-0.15, -0.1) is 0 Å². The van der Waals surface area contributed by atoms with E-state index in [1.807, 2.05) is 0 Å². The molecule has 0 aliphatic rings. The summed E-state index contributed by atoms with van der Waals surface area (Å²) in [6.07, 6.45) is 0. The fourth-order valence-corrected chi connectivity index (χ4v) is 2.04. The topological polar surface area (TPSA) is 0 Å². The van der Waals surface area contributed by atoms with E-state index in [2.05, 4.69) is 32.0 Å². The van der Waals surface area contributed by atoms with Gasteiger partial charge < -0.3 is 0 Å². The van der Waals surface area contributed by atoms with Gasteiger partial charge in [-0.1, -0.05) is 0 Å². The van der Waals surface area contributed by atoms with E-state index in [0.717, 1.165) is 0 Å². The molecule has 1 aromatic rings. The summed E-state index contributed by atoms with van der Waals surface area (Å²) >= 11 is 1.78. The van der Waals surface area contributed by atoms with Crippen LogP contribution in [0.1, 0.15) is 16.7 Å². The van der Waals surface area contributed by atoms with Gasteiger partial charge in [0.15, 0.2) is 0 Å². The van der Waals surface area contributed by atoms with E-state index in [1.54, 1.807) is 16.9 Å². The molecule has 0 N–H and O–H groups in total. The molecule has 0 aliphatic heterocycles. The van der Waals surface area contributed by atoms with E-state index in [1.165, 1.54) is 21.9 Å². The van der Waals surface area contributed by atoms with Crippen LogP contribution in [0, 0.1) is 13.8 Å². The van der Waals surface area contributed by atoms with Crippen molar-refractivity contribution in [3.8, 4) is 0 Å². The monoisotopic (exact) mass is 196 g/mol. The second-order valence-corrected chi connectivity index (χ2v) is 3.49. The average Bonchev–Trinajstić information content (AvgIpc) is 1.88. The van der Waals surface area contributed by atoms with Crippen LogP contribution in [0.5, 0.6) is 0 Å². The average molecular weight is 196 g/mol. The molecule has 0 heterocycles. The summed E-state index contributed by atoms with van der Waals surface area (Å²) < 4.78 is 0. The quantitative estimate of drug-likeness (QED) is 0.596. The molecule has 10 heavy (non-hydrogen) atoms. The molecule has 0 fully saturated rings. The van der Waals surface area contributed by atoms with E-state index in [9.17, 15) is 0 Å². The van der Waals surface area contributed by atoms with Crippen LogP contribution in [-0.2, 0) is 5.21 Å². The second kappa shape index (κ2) is 3.25. The van der Waals surface area contributed by atoms with Crippen molar-refractivity contribution in [2.24, 2.45) is 0 Å². The van der Waals surface area contributed by atoms with Crippen LogP contribution >= 0.6 is 0 Å². The zero-order chi connectivity index (χ0) is 7.56. The first-order valence-corrected chi connectivity index (χ1v) is 5.21. The third-order valence-corrected chi connectivity index (χ3v) is 2.64. The first-order valence-electron chi connectivity index (χ1n) is 3.50. The van der Waals surface area contributed by atoms with Gasteiger partial charge in [0.1, 0.15) is 0 Å². The molecule has 0 aromatic heterocycles. The van der Waals surface area contributed by atoms with Gasteiger partial charge in [-0.3, -0.25) is 0 Å². The Bertz CT molecular complexity index is 228. The summed E-state index contributed by atoms with van der Waals surface area (Å²) in [4.78, 5) is 0. The van der Waals surface area contributed by atoms with E-state index in [4.69, 9.17) is 0 Å². The maximum absolute atomic E-state index is 2.24. The van der Waals surface area contributed by atoms with Gasteiger partial charge in [0.25, 0.3) is 0 Å². The fraction of sp³-hybridized carbons (Fsp3) is 0.333. The Labute approximate surface area is 71.1 Å². The molecule has 1 unspecified atom stereocenters. The van der Waals surface area contributed by atoms with Gasteiger partial charge in [0.2, 0.25) is 0 Å². The van der Waals surface area contributed by atoms with Crippen LogP contribution in [0.2, 0.25) is 0 Å². The second-order valence-electron chi connectivity index (χ2n) is 2.63. The molecule has 0 aliphatic carbocycles. The molecule has 0 radical (unpaired) electrons. The summed E-state index contributed by atoms with van der Waals surface area (Å²) in [7, 11) is 0. The van der Waals surface area contributed by atoms with E-state index in [-0.39, 0.29) is 0 Å². The van der Waals surface area contributed by atoms with Gasteiger partial charge in [-0.2, -0.15) is 0 Å². The Morgan fingerprint density at radius 1 is 1.30 bits per heavy atom. The molecule has 0 amide bonds. The normalized spacial score (nSPS) is 9.90. The first-order chi connectivity index (χ1) is 4.74. The summed E-state index contributed by atoms with van der Waals surface area (Å²) in [5, 5.41) is 1.21. The number of rotatable bonds is 1. The van der Waals surface area contributed by atoms with Crippen molar-refractivity contribution in [1.29, 1.82) is 0 Å². The third kappa shape index (κ3) is 1.64. The zero-order valence-corrected chi connectivity index (χ0v) is 8.94. The van der Waals surface area contributed by atoms with Gasteiger partial charge in [-0.25, -0.2) is 0 Å². The molecule has 54 valence electrons. The minimum absolute atomic E-state index is 1.21. The van der Waals surface area contributed by atoms with Crippen LogP contribution in [-0.4, -0.2) is 16.9 Å². The summed E-state index contributed by atoms with van der Waals surface area (Å²) in [5.41, 5.74) is 4.29. The molecule has 1 heteroatoms. The van der Waals surface area contributed by atoms with Crippen LogP contribution < -0.4 is 0 Å². The van der Waals surface area contributed by atoms with Crippen molar-refractivity contribution in [2.45, 2.75) is 19.1 Å². The molecule has 1 atom stereocenters. The zero-order valence-electron chi connectivity index (χ0n) is 6.52. The van der Waals surface area contributed by atoms with E-state index < -0.39 is 0 Å². The molecule has 1 aromatic carbocycles. The Kier molecular flexibility index (Phi) is 2.56. The maximum atomic E-state index is 2.24. The minimum atomic E-state index is 1.21. The SMILES string of the molecule is Cc1ccc(C[AsH2])c(C)c1. The van der Waals surface area contributed by atoms with Crippen LogP contribution in [0.25, 0.3) is 0 Å².